The maximum atomic E-state index is 11.7. The number of carbonyl (C=O) groups is 1. The van der Waals surface area contributed by atoms with Crippen LogP contribution in [-0.2, 0) is 7.05 Å². The van der Waals surface area contributed by atoms with Crippen molar-refractivity contribution in [2.75, 3.05) is 0 Å². The van der Waals surface area contributed by atoms with E-state index in [-0.39, 0.29) is 11.6 Å². The Morgan fingerprint density at radius 2 is 2.07 bits per heavy atom. The van der Waals surface area contributed by atoms with Gasteiger partial charge in [0.05, 0.1) is 12.5 Å². The summed E-state index contributed by atoms with van der Waals surface area (Å²) in [5.41, 5.74) is 0.483. The van der Waals surface area contributed by atoms with Gasteiger partial charge < -0.3 is 4.57 Å². The molecule has 0 fully saturated rings. The van der Waals surface area contributed by atoms with Crippen molar-refractivity contribution in [3.8, 4) is 0 Å². The normalized spacial score (nSPS) is 10.1. The second kappa shape index (κ2) is 3.37. The fourth-order valence-corrected chi connectivity index (χ4v) is 1.11. The Hall–Kier alpha value is -2.04. The Morgan fingerprint density at radius 3 is 2.64 bits per heavy atom. The van der Waals surface area contributed by atoms with Crippen LogP contribution in [0.25, 0.3) is 0 Å². The molecule has 0 unspecified atom stereocenters. The number of aryl methyl sites for hydroxylation is 1. The van der Waals surface area contributed by atoms with Crippen LogP contribution in [0.4, 0.5) is 0 Å². The van der Waals surface area contributed by atoms with Gasteiger partial charge in [0, 0.05) is 19.4 Å². The van der Waals surface area contributed by atoms with Gasteiger partial charge in [-0.2, -0.15) is 0 Å². The highest BCUT2D eigenvalue weighted by Crippen LogP contribution is 2.02. The minimum absolute atomic E-state index is 0.191. The number of imidazole rings is 1. The molecule has 14 heavy (non-hydrogen) atoms. The van der Waals surface area contributed by atoms with Crippen LogP contribution in [0.1, 0.15) is 16.3 Å². The summed E-state index contributed by atoms with van der Waals surface area (Å²) in [6, 6.07) is 1.67. The van der Waals surface area contributed by atoms with Gasteiger partial charge in [-0.15, -0.1) is 0 Å². The van der Waals surface area contributed by atoms with Gasteiger partial charge in [0.15, 0.2) is 0 Å². The van der Waals surface area contributed by atoms with Gasteiger partial charge >= 0.3 is 0 Å². The molecule has 0 aromatic carbocycles. The molecule has 0 aliphatic rings. The van der Waals surface area contributed by atoms with Crippen LogP contribution >= 0.6 is 0 Å². The molecule has 70 valence electrons. The molecule has 0 amide bonds. The van der Waals surface area contributed by atoms with Crippen molar-refractivity contribution in [2.24, 2.45) is 7.05 Å². The van der Waals surface area contributed by atoms with E-state index in [0.29, 0.717) is 5.69 Å². The first kappa shape index (κ1) is 8.55. The third-order valence-electron chi connectivity index (χ3n) is 1.82. The quantitative estimate of drug-likeness (QED) is 0.641. The summed E-state index contributed by atoms with van der Waals surface area (Å²) in [6.45, 7) is 0. The Balaban J connectivity index is 2.39. The zero-order chi connectivity index (χ0) is 9.97. The van der Waals surface area contributed by atoms with E-state index in [0.717, 1.165) is 0 Å². The zero-order valence-electron chi connectivity index (χ0n) is 7.58. The van der Waals surface area contributed by atoms with E-state index in [4.69, 9.17) is 0 Å². The van der Waals surface area contributed by atoms with Crippen molar-refractivity contribution < 1.29 is 4.79 Å². The number of aromatic nitrogens is 4. The number of carbonyl (C=O) groups excluding carboxylic acids is 1. The average Bonchev–Trinajstić information content (AvgIpc) is 2.65. The number of rotatable bonds is 2. The van der Waals surface area contributed by atoms with Gasteiger partial charge in [-0.05, 0) is 6.07 Å². The smallest absolute Gasteiger partial charge is 0.248 e. The van der Waals surface area contributed by atoms with Crippen LogP contribution in [0, 0.1) is 0 Å². The predicted molar refractivity (Wildman–Crippen MR) is 48.7 cm³/mol. The number of nitrogens with zero attached hydrogens (tertiary/aromatic N) is 4. The first-order valence-electron chi connectivity index (χ1n) is 4.07. The SMILES string of the molecule is Cn1cncc1C(=O)c1ncccn1. The van der Waals surface area contributed by atoms with Crippen LogP contribution in [0.5, 0.6) is 0 Å². The molecule has 0 bridgehead atoms. The Bertz CT molecular complexity index is 449. The van der Waals surface area contributed by atoms with Crippen molar-refractivity contribution in [3.63, 3.8) is 0 Å². The van der Waals surface area contributed by atoms with Crippen LogP contribution in [0.15, 0.2) is 31.0 Å². The summed E-state index contributed by atoms with van der Waals surface area (Å²) in [4.78, 5) is 23.3. The molecule has 0 radical (unpaired) electrons. The summed E-state index contributed by atoms with van der Waals surface area (Å²) in [5.74, 6) is -0.0262. The Kier molecular flexibility index (Phi) is 2.06. The van der Waals surface area contributed by atoms with Crippen molar-refractivity contribution >= 4 is 5.78 Å². The minimum atomic E-state index is -0.217. The number of hydrogen-bond donors (Lipinski definition) is 0. The molecule has 2 heterocycles. The number of hydrogen-bond acceptors (Lipinski definition) is 4. The first-order chi connectivity index (χ1) is 6.79. The van der Waals surface area contributed by atoms with E-state index in [9.17, 15) is 4.79 Å². The number of ketones is 1. The second-order valence-corrected chi connectivity index (χ2v) is 2.79. The molecule has 0 N–H and O–H groups in total. The van der Waals surface area contributed by atoms with Gasteiger partial charge in [0.2, 0.25) is 11.6 Å². The van der Waals surface area contributed by atoms with E-state index in [2.05, 4.69) is 15.0 Å². The highest BCUT2D eigenvalue weighted by Gasteiger charge is 2.14. The lowest BCUT2D eigenvalue weighted by molar-refractivity contribution is 0.102. The van der Waals surface area contributed by atoms with Gasteiger partial charge in [-0.25, -0.2) is 15.0 Å². The van der Waals surface area contributed by atoms with Crippen LogP contribution < -0.4 is 0 Å². The van der Waals surface area contributed by atoms with Crippen LogP contribution in [-0.4, -0.2) is 25.3 Å². The first-order valence-corrected chi connectivity index (χ1v) is 4.07. The van der Waals surface area contributed by atoms with Crippen molar-refractivity contribution in [1.82, 2.24) is 19.5 Å². The molecule has 0 spiro atoms. The van der Waals surface area contributed by atoms with Gasteiger partial charge in [-0.1, -0.05) is 0 Å². The lowest BCUT2D eigenvalue weighted by Gasteiger charge is -1.98. The molecular formula is C9H8N4O. The minimum Gasteiger partial charge on any atom is -0.331 e. The third-order valence-corrected chi connectivity index (χ3v) is 1.82. The molecule has 2 aromatic heterocycles. The lowest BCUT2D eigenvalue weighted by Crippen LogP contribution is -2.10. The standard InChI is InChI=1S/C9H8N4O/c1-13-6-10-5-7(13)8(14)9-11-3-2-4-12-9/h2-6H,1H3. The average molecular weight is 188 g/mol. The molecule has 0 atom stereocenters. The van der Waals surface area contributed by atoms with E-state index < -0.39 is 0 Å². The highest BCUT2D eigenvalue weighted by atomic mass is 16.1. The summed E-state index contributed by atoms with van der Waals surface area (Å²) >= 11 is 0. The summed E-state index contributed by atoms with van der Waals surface area (Å²) in [7, 11) is 1.75. The Labute approximate surface area is 80.5 Å². The van der Waals surface area contributed by atoms with Crippen LogP contribution in [0.2, 0.25) is 0 Å². The summed E-state index contributed by atoms with van der Waals surface area (Å²) in [5, 5.41) is 0. The fourth-order valence-electron chi connectivity index (χ4n) is 1.11. The van der Waals surface area contributed by atoms with Gasteiger partial charge in [0.1, 0.15) is 5.69 Å². The van der Waals surface area contributed by atoms with E-state index >= 15 is 0 Å². The molecule has 0 aliphatic heterocycles. The molecule has 0 saturated heterocycles. The summed E-state index contributed by atoms with van der Waals surface area (Å²) < 4.78 is 1.64. The fraction of sp³-hybridized carbons (Fsp3) is 0.111. The molecule has 5 heteroatoms. The van der Waals surface area contributed by atoms with Crippen LogP contribution in [0.3, 0.4) is 0 Å². The third kappa shape index (κ3) is 1.39. The summed E-state index contributed by atoms with van der Waals surface area (Å²) in [6.07, 6.45) is 6.14. The zero-order valence-corrected chi connectivity index (χ0v) is 7.58. The molecule has 5 nitrogen and oxygen atoms in total. The maximum absolute atomic E-state index is 11.7. The monoisotopic (exact) mass is 188 g/mol. The molecule has 2 rings (SSSR count). The van der Waals surface area contributed by atoms with Crippen molar-refractivity contribution in [2.45, 2.75) is 0 Å². The Morgan fingerprint density at radius 1 is 1.36 bits per heavy atom. The van der Waals surface area contributed by atoms with E-state index in [1.165, 1.54) is 18.6 Å². The van der Waals surface area contributed by atoms with Gasteiger partial charge in [0.25, 0.3) is 0 Å². The van der Waals surface area contributed by atoms with Gasteiger partial charge in [-0.3, -0.25) is 4.79 Å². The molecular weight excluding hydrogens is 180 g/mol. The second-order valence-electron chi connectivity index (χ2n) is 2.79. The maximum Gasteiger partial charge on any atom is 0.248 e. The van der Waals surface area contributed by atoms with E-state index in [1.54, 1.807) is 24.0 Å². The lowest BCUT2D eigenvalue weighted by atomic mass is 10.3. The topological polar surface area (TPSA) is 60.7 Å². The molecule has 0 saturated carbocycles. The largest absolute Gasteiger partial charge is 0.331 e. The highest BCUT2D eigenvalue weighted by molar-refractivity contribution is 6.05. The van der Waals surface area contributed by atoms with Crippen molar-refractivity contribution in [3.05, 3.63) is 42.5 Å². The molecule has 0 aliphatic carbocycles. The predicted octanol–water partition coefficient (Wildman–Crippen LogP) is 0.441. The van der Waals surface area contributed by atoms with Crippen molar-refractivity contribution in [1.29, 1.82) is 0 Å². The van der Waals surface area contributed by atoms with E-state index in [1.807, 2.05) is 0 Å². The molecule has 2 aromatic rings.